The summed E-state index contributed by atoms with van der Waals surface area (Å²) < 4.78 is 0. The maximum Gasteiger partial charge on any atom is 0.237 e. The number of aromatic nitrogens is 1. The van der Waals surface area contributed by atoms with Gasteiger partial charge in [-0.15, -0.1) is 0 Å². The minimum absolute atomic E-state index is 0.252. The molecule has 0 saturated heterocycles. The minimum Gasteiger partial charge on any atom is -0.384 e. The van der Waals surface area contributed by atoms with Crippen LogP contribution in [0.25, 0.3) is 0 Å². The predicted octanol–water partition coefficient (Wildman–Crippen LogP) is 0.858. The summed E-state index contributed by atoms with van der Waals surface area (Å²) in [6, 6.07) is 10.6. The van der Waals surface area contributed by atoms with Crippen LogP contribution in [0.1, 0.15) is 22.6 Å². The van der Waals surface area contributed by atoms with Crippen LogP contribution in [0.4, 0.5) is 5.82 Å². The van der Waals surface area contributed by atoms with Crippen LogP contribution in [-0.4, -0.2) is 16.8 Å². The lowest BCUT2D eigenvalue weighted by Crippen LogP contribution is -2.36. The van der Waals surface area contributed by atoms with Crippen molar-refractivity contribution in [3.05, 3.63) is 59.3 Å². The highest BCUT2D eigenvalue weighted by Crippen LogP contribution is 2.17. The number of nitrogens with one attached hydrogen (secondary N) is 1. The van der Waals surface area contributed by atoms with Crippen molar-refractivity contribution in [3.8, 4) is 0 Å². The standard InChI is InChI=1S/C16H18N4O2/c1-10-3-2-4-12(7-10)14(15(18)21)16(22)20-9-11-5-6-13(17)19-8-11/h2-8,14H,9H2,1H3,(H2,17,19)(H2,18,21)(H,20,22)/t14-/m0/s1. The fraction of sp³-hybridized carbons (Fsp3) is 0.188. The van der Waals surface area contributed by atoms with Crippen LogP contribution < -0.4 is 16.8 Å². The first-order chi connectivity index (χ1) is 10.5. The lowest BCUT2D eigenvalue weighted by atomic mass is 9.96. The molecule has 2 rings (SSSR count). The fourth-order valence-electron chi connectivity index (χ4n) is 2.13. The van der Waals surface area contributed by atoms with Crippen molar-refractivity contribution in [2.24, 2.45) is 5.73 Å². The molecule has 0 saturated carbocycles. The van der Waals surface area contributed by atoms with E-state index in [-0.39, 0.29) is 6.54 Å². The Morgan fingerprint density at radius 3 is 2.64 bits per heavy atom. The third-order valence-corrected chi connectivity index (χ3v) is 3.24. The normalized spacial score (nSPS) is 11.7. The Balaban J connectivity index is 2.10. The third-order valence-electron chi connectivity index (χ3n) is 3.24. The number of pyridine rings is 1. The Morgan fingerprint density at radius 1 is 1.27 bits per heavy atom. The number of hydrogen-bond acceptors (Lipinski definition) is 4. The van der Waals surface area contributed by atoms with Crippen molar-refractivity contribution in [2.45, 2.75) is 19.4 Å². The van der Waals surface area contributed by atoms with Gasteiger partial charge in [0.2, 0.25) is 11.8 Å². The summed E-state index contributed by atoms with van der Waals surface area (Å²) in [5, 5.41) is 2.70. The van der Waals surface area contributed by atoms with E-state index in [0.29, 0.717) is 11.4 Å². The second kappa shape index (κ2) is 6.71. The molecule has 1 aromatic carbocycles. The zero-order valence-corrected chi connectivity index (χ0v) is 12.2. The molecular weight excluding hydrogens is 280 g/mol. The van der Waals surface area contributed by atoms with Crippen molar-refractivity contribution in [1.82, 2.24) is 10.3 Å². The first kappa shape index (κ1) is 15.5. The van der Waals surface area contributed by atoms with Gasteiger partial charge >= 0.3 is 0 Å². The lowest BCUT2D eigenvalue weighted by molar-refractivity contribution is -0.130. The van der Waals surface area contributed by atoms with E-state index in [1.54, 1.807) is 36.5 Å². The highest BCUT2D eigenvalue weighted by atomic mass is 16.2. The number of anilines is 1. The van der Waals surface area contributed by atoms with Gasteiger partial charge in [0.1, 0.15) is 11.7 Å². The Bertz CT molecular complexity index is 683. The molecule has 0 aliphatic carbocycles. The Morgan fingerprint density at radius 2 is 2.05 bits per heavy atom. The van der Waals surface area contributed by atoms with Crippen molar-refractivity contribution in [3.63, 3.8) is 0 Å². The molecule has 6 heteroatoms. The molecule has 6 nitrogen and oxygen atoms in total. The van der Waals surface area contributed by atoms with Gasteiger partial charge in [-0.25, -0.2) is 4.98 Å². The first-order valence-electron chi connectivity index (χ1n) is 6.81. The topological polar surface area (TPSA) is 111 Å². The number of carbonyl (C=O) groups excluding carboxylic acids is 2. The number of carbonyl (C=O) groups is 2. The second-order valence-electron chi connectivity index (χ2n) is 5.06. The smallest absolute Gasteiger partial charge is 0.237 e. The summed E-state index contributed by atoms with van der Waals surface area (Å²) in [4.78, 5) is 27.9. The second-order valence-corrected chi connectivity index (χ2v) is 5.06. The van der Waals surface area contributed by atoms with Gasteiger partial charge in [0.15, 0.2) is 0 Å². The van der Waals surface area contributed by atoms with Crippen LogP contribution in [0.3, 0.4) is 0 Å². The highest BCUT2D eigenvalue weighted by Gasteiger charge is 2.26. The van der Waals surface area contributed by atoms with Crippen molar-refractivity contribution < 1.29 is 9.59 Å². The summed E-state index contributed by atoms with van der Waals surface area (Å²) in [5.74, 6) is -1.72. The number of benzene rings is 1. The Hall–Kier alpha value is -2.89. The quantitative estimate of drug-likeness (QED) is 0.711. The molecule has 0 aliphatic rings. The van der Waals surface area contributed by atoms with E-state index in [9.17, 15) is 9.59 Å². The predicted molar refractivity (Wildman–Crippen MR) is 83.6 cm³/mol. The molecule has 0 fully saturated rings. The van der Waals surface area contributed by atoms with E-state index in [4.69, 9.17) is 11.5 Å². The zero-order chi connectivity index (χ0) is 16.1. The van der Waals surface area contributed by atoms with E-state index in [1.165, 1.54) is 0 Å². The Labute approximate surface area is 128 Å². The van der Waals surface area contributed by atoms with Gasteiger partial charge < -0.3 is 16.8 Å². The minimum atomic E-state index is -1.01. The van der Waals surface area contributed by atoms with E-state index >= 15 is 0 Å². The maximum absolute atomic E-state index is 12.3. The molecule has 114 valence electrons. The number of rotatable bonds is 5. The SMILES string of the molecule is Cc1cccc([C@@H](C(N)=O)C(=O)NCc2ccc(N)nc2)c1. The maximum atomic E-state index is 12.3. The molecule has 1 heterocycles. The van der Waals surface area contributed by atoms with E-state index in [1.807, 2.05) is 13.0 Å². The molecule has 2 aromatic rings. The lowest BCUT2D eigenvalue weighted by Gasteiger charge is -2.14. The van der Waals surface area contributed by atoms with Gasteiger partial charge in [-0.1, -0.05) is 35.9 Å². The van der Waals surface area contributed by atoms with Crippen LogP contribution in [-0.2, 0) is 16.1 Å². The van der Waals surface area contributed by atoms with Gasteiger partial charge in [-0.05, 0) is 24.1 Å². The summed E-state index contributed by atoms with van der Waals surface area (Å²) in [6.07, 6.45) is 1.57. The summed E-state index contributed by atoms with van der Waals surface area (Å²) in [7, 11) is 0. The molecule has 2 amide bonds. The van der Waals surface area contributed by atoms with E-state index in [0.717, 1.165) is 11.1 Å². The zero-order valence-electron chi connectivity index (χ0n) is 12.2. The highest BCUT2D eigenvalue weighted by molar-refractivity contribution is 6.05. The van der Waals surface area contributed by atoms with E-state index < -0.39 is 17.7 Å². The summed E-state index contributed by atoms with van der Waals surface area (Å²) >= 11 is 0. The van der Waals surface area contributed by atoms with E-state index in [2.05, 4.69) is 10.3 Å². The van der Waals surface area contributed by atoms with Gasteiger partial charge in [0.05, 0.1) is 0 Å². The molecule has 1 aromatic heterocycles. The molecule has 0 bridgehead atoms. The van der Waals surface area contributed by atoms with Crippen molar-refractivity contribution in [1.29, 1.82) is 0 Å². The molecule has 1 atom stereocenters. The third kappa shape index (κ3) is 3.82. The number of amides is 2. The van der Waals surface area contributed by atoms with Crippen molar-refractivity contribution in [2.75, 3.05) is 5.73 Å². The number of nitrogens with zero attached hydrogens (tertiary/aromatic N) is 1. The molecule has 0 aliphatic heterocycles. The Kier molecular flexibility index (Phi) is 4.73. The van der Waals surface area contributed by atoms with Gasteiger partial charge in [-0.2, -0.15) is 0 Å². The fourth-order valence-corrected chi connectivity index (χ4v) is 2.13. The van der Waals surface area contributed by atoms with Gasteiger partial charge in [-0.3, -0.25) is 9.59 Å². The average molecular weight is 298 g/mol. The molecule has 0 unspecified atom stereocenters. The molecule has 5 N–H and O–H groups in total. The van der Waals surface area contributed by atoms with Crippen LogP contribution >= 0.6 is 0 Å². The van der Waals surface area contributed by atoms with Crippen LogP contribution in [0.5, 0.6) is 0 Å². The van der Waals surface area contributed by atoms with Gasteiger partial charge in [0.25, 0.3) is 0 Å². The largest absolute Gasteiger partial charge is 0.384 e. The number of hydrogen-bond donors (Lipinski definition) is 3. The number of nitrogen functional groups attached to an aromatic ring is 1. The first-order valence-corrected chi connectivity index (χ1v) is 6.81. The van der Waals surface area contributed by atoms with Crippen molar-refractivity contribution >= 4 is 17.6 Å². The van der Waals surface area contributed by atoms with Gasteiger partial charge in [0, 0.05) is 12.7 Å². The molecular formula is C16H18N4O2. The molecule has 0 spiro atoms. The molecule has 22 heavy (non-hydrogen) atoms. The molecule has 0 radical (unpaired) electrons. The number of primary amides is 1. The summed E-state index contributed by atoms with van der Waals surface area (Å²) in [6.45, 7) is 2.14. The summed E-state index contributed by atoms with van der Waals surface area (Å²) in [5.41, 5.74) is 13.2. The van der Waals surface area contributed by atoms with Crippen LogP contribution in [0.15, 0.2) is 42.6 Å². The number of nitrogens with two attached hydrogens (primary N) is 2. The van der Waals surface area contributed by atoms with Crippen LogP contribution in [0.2, 0.25) is 0 Å². The number of aryl methyl sites for hydroxylation is 1. The average Bonchev–Trinajstić information content (AvgIpc) is 2.46. The monoisotopic (exact) mass is 298 g/mol. The van der Waals surface area contributed by atoms with Crippen LogP contribution in [0, 0.1) is 6.92 Å².